The molecule has 1 aromatic heterocycles. The Bertz CT molecular complexity index is 1040. The van der Waals surface area contributed by atoms with Crippen molar-refractivity contribution in [2.45, 2.75) is 13.0 Å². The third kappa shape index (κ3) is 4.19. The Hall–Kier alpha value is -3.55. The highest BCUT2D eigenvalue weighted by Gasteiger charge is 2.35. The van der Waals surface area contributed by atoms with Crippen molar-refractivity contribution in [2.24, 2.45) is 0 Å². The summed E-state index contributed by atoms with van der Waals surface area (Å²) in [5, 5.41) is 2.88. The molecule has 1 saturated heterocycles. The predicted octanol–water partition coefficient (Wildman–Crippen LogP) is 2.86. The average Bonchev–Trinajstić information content (AvgIpc) is 3.22. The van der Waals surface area contributed by atoms with Crippen molar-refractivity contribution in [2.75, 3.05) is 45.2 Å². The van der Waals surface area contributed by atoms with E-state index in [9.17, 15) is 9.59 Å². The number of nitrogens with one attached hydrogen (secondary N) is 2. The summed E-state index contributed by atoms with van der Waals surface area (Å²) in [6, 6.07) is 14.9. The number of amides is 3. The highest BCUT2D eigenvalue weighted by molar-refractivity contribution is 5.95. The second-order valence-corrected chi connectivity index (χ2v) is 7.88. The minimum Gasteiger partial charge on any atom is -0.378 e. The van der Waals surface area contributed by atoms with E-state index in [0.717, 1.165) is 16.7 Å². The van der Waals surface area contributed by atoms with E-state index in [1.54, 1.807) is 9.80 Å². The summed E-state index contributed by atoms with van der Waals surface area (Å²) in [4.78, 5) is 39.5. The van der Waals surface area contributed by atoms with Crippen LogP contribution in [0.2, 0.25) is 0 Å². The van der Waals surface area contributed by atoms with Crippen molar-refractivity contribution in [1.82, 2.24) is 25.1 Å². The third-order valence-electron chi connectivity index (χ3n) is 5.61. The van der Waals surface area contributed by atoms with Crippen molar-refractivity contribution < 1.29 is 9.59 Å². The molecule has 0 bridgehead atoms. The molecule has 3 aromatic rings. The van der Waals surface area contributed by atoms with Gasteiger partial charge in [-0.25, -0.2) is 9.78 Å². The van der Waals surface area contributed by atoms with E-state index >= 15 is 0 Å². The molecule has 1 aliphatic rings. The monoisotopic (exact) mass is 420 g/mol. The van der Waals surface area contributed by atoms with Crippen LogP contribution in [0.3, 0.4) is 0 Å². The first-order chi connectivity index (χ1) is 15.0. The predicted molar refractivity (Wildman–Crippen MR) is 121 cm³/mol. The molecule has 1 atom stereocenters. The molecule has 2 heterocycles. The van der Waals surface area contributed by atoms with Crippen LogP contribution >= 0.6 is 0 Å². The fourth-order valence-corrected chi connectivity index (χ4v) is 3.91. The zero-order chi connectivity index (χ0) is 22.0. The normalized spacial score (nSPS) is 16.4. The number of aromatic amines is 1. The Labute approximate surface area is 181 Å². The lowest BCUT2D eigenvalue weighted by Crippen LogP contribution is -2.55. The number of urea groups is 1. The first-order valence-corrected chi connectivity index (χ1v) is 10.5. The third-order valence-corrected chi connectivity index (χ3v) is 5.61. The number of imidazole rings is 1. The molecule has 162 valence electrons. The number of hydrogen-bond donors (Lipinski definition) is 2. The Balaban J connectivity index is 1.60. The van der Waals surface area contributed by atoms with Gasteiger partial charge in [0, 0.05) is 51.5 Å². The zero-order valence-corrected chi connectivity index (χ0v) is 18.1. The first-order valence-electron chi connectivity index (χ1n) is 10.5. The fraction of sp³-hybridized carbons (Fsp3) is 0.348. The number of carbonyl (C=O) groups is 2. The maximum absolute atomic E-state index is 13.2. The van der Waals surface area contributed by atoms with E-state index in [1.807, 2.05) is 74.4 Å². The molecule has 2 N–H and O–H groups in total. The van der Waals surface area contributed by atoms with E-state index in [1.165, 1.54) is 0 Å². The van der Waals surface area contributed by atoms with Gasteiger partial charge in [0.15, 0.2) is 0 Å². The van der Waals surface area contributed by atoms with Gasteiger partial charge in [-0.2, -0.15) is 0 Å². The zero-order valence-electron chi connectivity index (χ0n) is 18.1. The molecular weight excluding hydrogens is 392 g/mol. The number of hydrogen-bond acceptors (Lipinski definition) is 4. The van der Waals surface area contributed by atoms with Gasteiger partial charge in [0.1, 0.15) is 11.9 Å². The maximum atomic E-state index is 13.2. The van der Waals surface area contributed by atoms with Gasteiger partial charge in [-0.3, -0.25) is 4.79 Å². The second-order valence-electron chi connectivity index (χ2n) is 7.88. The van der Waals surface area contributed by atoms with Gasteiger partial charge in [-0.15, -0.1) is 0 Å². The van der Waals surface area contributed by atoms with Crippen molar-refractivity contribution in [3.63, 3.8) is 0 Å². The summed E-state index contributed by atoms with van der Waals surface area (Å²) in [5.74, 6) is 0.648. The minimum atomic E-state index is -0.349. The lowest BCUT2D eigenvalue weighted by Gasteiger charge is -2.40. The van der Waals surface area contributed by atoms with Gasteiger partial charge in [0.2, 0.25) is 0 Å². The Morgan fingerprint density at radius 1 is 1.13 bits per heavy atom. The van der Waals surface area contributed by atoms with Crippen LogP contribution in [-0.4, -0.2) is 72.0 Å². The van der Waals surface area contributed by atoms with E-state index in [-0.39, 0.29) is 18.0 Å². The van der Waals surface area contributed by atoms with Gasteiger partial charge >= 0.3 is 6.03 Å². The van der Waals surface area contributed by atoms with Crippen LogP contribution in [0.15, 0.2) is 48.5 Å². The van der Waals surface area contributed by atoms with Crippen LogP contribution in [-0.2, 0) is 0 Å². The van der Waals surface area contributed by atoms with E-state index in [0.29, 0.717) is 37.6 Å². The van der Waals surface area contributed by atoms with Crippen LogP contribution in [0.25, 0.3) is 11.0 Å². The number of para-hydroxylation sites is 2. The molecule has 8 nitrogen and oxygen atoms in total. The maximum Gasteiger partial charge on any atom is 0.318 e. The van der Waals surface area contributed by atoms with Crippen molar-refractivity contribution in [1.29, 1.82) is 0 Å². The first kappa shape index (κ1) is 20.7. The minimum absolute atomic E-state index is 0.0398. The van der Waals surface area contributed by atoms with Crippen LogP contribution < -0.4 is 10.2 Å². The molecule has 3 amide bonds. The summed E-state index contributed by atoms with van der Waals surface area (Å²) in [6.45, 7) is 3.73. The van der Waals surface area contributed by atoms with Crippen molar-refractivity contribution in [3.8, 4) is 0 Å². The quantitative estimate of drug-likeness (QED) is 0.680. The summed E-state index contributed by atoms with van der Waals surface area (Å²) >= 11 is 0. The fourth-order valence-electron chi connectivity index (χ4n) is 3.91. The molecule has 1 fully saturated rings. The molecule has 8 heteroatoms. The number of aromatic nitrogens is 2. The van der Waals surface area contributed by atoms with Crippen molar-refractivity contribution in [3.05, 3.63) is 59.9 Å². The Kier molecular flexibility index (Phi) is 5.79. The largest absolute Gasteiger partial charge is 0.378 e. The highest BCUT2D eigenvalue weighted by atomic mass is 16.2. The summed E-state index contributed by atoms with van der Waals surface area (Å²) < 4.78 is 0. The van der Waals surface area contributed by atoms with Gasteiger partial charge in [-0.1, -0.05) is 12.1 Å². The summed E-state index contributed by atoms with van der Waals surface area (Å²) in [5.41, 5.74) is 3.44. The molecule has 1 unspecified atom stereocenters. The average molecular weight is 421 g/mol. The molecule has 2 aromatic carbocycles. The summed E-state index contributed by atoms with van der Waals surface area (Å²) in [7, 11) is 3.94. The molecule has 4 rings (SSSR count). The highest BCUT2D eigenvalue weighted by Crippen LogP contribution is 2.27. The van der Waals surface area contributed by atoms with Crippen LogP contribution in [0.4, 0.5) is 10.5 Å². The standard InChI is InChI=1S/C23H28N6O2/c1-4-24-23(31)29-14-13-28(22(30)16-9-11-17(12-10-16)27(2)3)15-20(29)21-25-18-7-5-6-8-19(18)26-21/h5-12,20H,4,13-15H2,1-3H3,(H,24,31)(H,25,26). The van der Waals surface area contributed by atoms with Crippen LogP contribution in [0, 0.1) is 0 Å². The Morgan fingerprint density at radius 3 is 2.55 bits per heavy atom. The number of fused-ring (bicyclic) bond motifs is 1. The van der Waals surface area contributed by atoms with Crippen LogP contribution in [0.5, 0.6) is 0 Å². The molecule has 31 heavy (non-hydrogen) atoms. The van der Waals surface area contributed by atoms with Gasteiger partial charge < -0.3 is 25.0 Å². The van der Waals surface area contributed by atoms with E-state index < -0.39 is 0 Å². The lowest BCUT2D eigenvalue weighted by atomic mass is 10.1. The molecule has 1 aliphatic heterocycles. The van der Waals surface area contributed by atoms with E-state index in [2.05, 4.69) is 10.3 Å². The van der Waals surface area contributed by atoms with Gasteiger partial charge in [0.25, 0.3) is 5.91 Å². The second kappa shape index (κ2) is 8.67. The molecular formula is C23H28N6O2. The smallest absolute Gasteiger partial charge is 0.318 e. The number of carbonyl (C=O) groups excluding carboxylic acids is 2. The molecule has 0 aliphatic carbocycles. The topological polar surface area (TPSA) is 84.6 Å². The number of anilines is 1. The number of piperazine rings is 1. The SMILES string of the molecule is CCNC(=O)N1CCN(C(=O)c2ccc(N(C)C)cc2)CC1c1nc2ccccc2[nH]1. The van der Waals surface area contributed by atoms with E-state index in [4.69, 9.17) is 4.98 Å². The number of nitrogens with zero attached hydrogens (tertiary/aromatic N) is 4. The number of benzene rings is 2. The molecule has 0 spiro atoms. The van der Waals surface area contributed by atoms with Gasteiger partial charge in [-0.05, 0) is 43.3 Å². The summed E-state index contributed by atoms with van der Waals surface area (Å²) in [6.07, 6.45) is 0. The van der Waals surface area contributed by atoms with Crippen LogP contribution in [0.1, 0.15) is 29.1 Å². The number of H-pyrrole nitrogens is 1. The van der Waals surface area contributed by atoms with Crippen molar-refractivity contribution >= 4 is 28.7 Å². The molecule has 0 saturated carbocycles. The molecule has 0 radical (unpaired) electrons. The lowest BCUT2D eigenvalue weighted by molar-refractivity contribution is 0.0546. The Morgan fingerprint density at radius 2 is 1.87 bits per heavy atom. The van der Waals surface area contributed by atoms with Gasteiger partial charge in [0.05, 0.1) is 11.0 Å². The number of rotatable bonds is 4.